The minimum Gasteiger partial charge on any atom is -0.462 e. The third-order valence-electron chi connectivity index (χ3n) is 9.03. The molecule has 0 bridgehead atoms. The molecule has 0 heterocycles. The first-order chi connectivity index (χ1) is 23.8. The molecule has 0 aromatic heterocycles. The van der Waals surface area contributed by atoms with Crippen molar-refractivity contribution in [3.63, 3.8) is 0 Å². The third kappa shape index (κ3) is 39.4. The average molecular weight is 717 g/mol. The largest absolute Gasteiger partial charge is 0.469 e. The number of carbonyl (C=O) groups is 2. The summed E-state index contributed by atoms with van der Waals surface area (Å²) in [5.74, 6) is -0.879. The molecule has 0 saturated heterocycles. The molecule has 9 heteroatoms. The number of hydrogen-bond donors (Lipinski definition) is 2. The zero-order valence-electron chi connectivity index (χ0n) is 31.9. The summed E-state index contributed by atoms with van der Waals surface area (Å²) in [4.78, 5) is 42.8. The molecule has 49 heavy (non-hydrogen) atoms. The fourth-order valence-corrected chi connectivity index (χ4v) is 6.32. The molecule has 0 spiro atoms. The fraction of sp³-hybridized carbons (Fsp3) is 0.900. The zero-order valence-corrected chi connectivity index (χ0v) is 32.8. The quantitative estimate of drug-likeness (QED) is 0.0280. The number of rotatable bonds is 38. The molecule has 0 aromatic carbocycles. The first-order valence-electron chi connectivity index (χ1n) is 20.5. The maximum Gasteiger partial charge on any atom is 0.469 e. The second-order valence-electron chi connectivity index (χ2n) is 14.0. The van der Waals surface area contributed by atoms with Crippen LogP contribution in [0.1, 0.15) is 213 Å². The van der Waals surface area contributed by atoms with E-state index in [9.17, 15) is 14.2 Å². The Bertz CT molecular complexity index is 812. The van der Waals surface area contributed by atoms with Gasteiger partial charge in [-0.15, -0.1) is 0 Å². The van der Waals surface area contributed by atoms with E-state index in [1.807, 2.05) is 0 Å². The Kier molecular flexibility index (Phi) is 35.7. The molecule has 2 N–H and O–H groups in total. The highest BCUT2D eigenvalue weighted by atomic mass is 31.2. The predicted octanol–water partition coefficient (Wildman–Crippen LogP) is 12.2. The molecule has 8 nitrogen and oxygen atoms in total. The fourth-order valence-electron chi connectivity index (χ4n) is 5.96. The Balaban J connectivity index is 3.90. The Morgan fingerprint density at radius 2 is 0.857 bits per heavy atom. The molecule has 290 valence electrons. The first kappa shape index (κ1) is 47.8. The highest BCUT2D eigenvalue weighted by molar-refractivity contribution is 7.46. The number of carbonyl (C=O) groups excluding carboxylic acids is 2. The maximum atomic E-state index is 12.4. The van der Waals surface area contributed by atoms with Crippen molar-refractivity contribution in [2.75, 3.05) is 13.2 Å². The Hall–Kier alpha value is -1.21. The minimum absolute atomic E-state index is 0.211. The van der Waals surface area contributed by atoms with Gasteiger partial charge < -0.3 is 19.3 Å². The van der Waals surface area contributed by atoms with Gasteiger partial charge in [0.05, 0.1) is 6.61 Å². The molecular formula is C40H77O8P. The molecule has 0 aliphatic heterocycles. The molecule has 0 aliphatic rings. The number of hydrogen-bond acceptors (Lipinski definition) is 6. The second kappa shape index (κ2) is 36.6. The Morgan fingerprint density at radius 3 is 1.24 bits per heavy atom. The van der Waals surface area contributed by atoms with Crippen LogP contribution in [0, 0.1) is 0 Å². The van der Waals surface area contributed by atoms with Gasteiger partial charge >= 0.3 is 19.8 Å². The van der Waals surface area contributed by atoms with Crippen LogP contribution in [0.15, 0.2) is 12.2 Å². The topological polar surface area (TPSA) is 119 Å². The van der Waals surface area contributed by atoms with Crippen LogP contribution in [0.3, 0.4) is 0 Å². The summed E-state index contributed by atoms with van der Waals surface area (Å²) in [6.45, 7) is 3.69. The van der Waals surface area contributed by atoms with Gasteiger partial charge in [0.25, 0.3) is 0 Å². The van der Waals surface area contributed by atoms with Crippen molar-refractivity contribution in [1.82, 2.24) is 0 Å². The summed E-state index contributed by atoms with van der Waals surface area (Å²) in [6.07, 6.45) is 39.3. The second-order valence-corrected chi connectivity index (χ2v) is 15.2. The normalized spacial score (nSPS) is 12.5. The number of allylic oxidation sites excluding steroid dienone is 2. The minimum atomic E-state index is -4.75. The Morgan fingerprint density at radius 1 is 0.510 bits per heavy atom. The van der Waals surface area contributed by atoms with Gasteiger partial charge in [-0.25, -0.2) is 4.57 Å². The number of esters is 2. The lowest BCUT2D eigenvalue weighted by Crippen LogP contribution is -2.29. The predicted molar refractivity (Wildman–Crippen MR) is 202 cm³/mol. The van der Waals surface area contributed by atoms with Crippen LogP contribution in [-0.2, 0) is 28.2 Å². The third-order valence-corrected chi connectivity index (χ3v) is 9.52. The number of phosphoric acid groups is 1. The van der Waals surface area contributed by atoms with E-state index in [-0.39, 0.29) is 19.4 Å². The van der Waals surface area contributed by atoms with Gasteiger partial charge in [0, 0.05) is 12.8 Å². The maximum absolute atomic E-state index is 12.4. The molecule has 0 aliphatic carbocycles. The lowest BCUT2D eigenvalue weighted by atomic mass is 10.0. The van der Waals surface area contributed by atoms with E-state index in [0.29, 0.717) is 6.42 Å². The van der Waals surface area contributed by atoms with E-state index in [1.54, 1.807) is 0 Å². The van der Waals surface area contributed by atoms with Crippen molar-refractivity contribution >= 4 is 19.8 Å². The molecular weight excluding hydrogens is 639 g/mol. The number of ether oxygens (including phenoxy) is 2. The van der Waals surface area contributed by atoms with Gasteiger partial charge in [0.2, 0.25) is 0 Å². The van der Waals surface area contributed by atoms with Crippen molar-refractivity contribution in [3.8, 4) is 0 Å². The van der Waals surface area contributed by atoms with Gasteiger partial charge in [0.15, 0.2) is 6.10 Å². The highest BCUT2D eigenvalue weighted by Crippen LogP contribution is 2.36. The highest BCUT2D eigenvalue weighted by Gasteiger charge is 2.22. The molecule has 0 saturated carbocycles. The van der Waals surface area contributed by atoms with Crippen molar-refractivity contribution < 1.29 is 37.9 Å². The number of unbranched alkanes of at least 4 members (excludes halogenated alkanes) is 26. The average Bonchev–Trinajstić information content (AvgIpc) is 3.07. The summed E-state index contributed by atoms with van der Waals surface area (Å²) in [5, 5.41) is 0. The SMILES string of the molecule is CCCCCCCC/C=C\CCCCCCCCCC(=O)O[C@H](COC(=O)CCCCCCCCCCCCCCCC)COP(=O)(O)O. The van der Waals surface area contributed by atoms with E-state index in [2.05, 4.69) is 30.5 Å². The summed E-state index contributed by atoms with van der Waals surface area (Å²) < 4.78 is 26.4. The summed E-state index contributed by atoms with van der Waals surface area (Å²) >= 11 is 0. The van der Waals surface area contributed by atoms with E-state index >= 15 is 0 Å². The van der Waals surface area contributed by atoms with E-state index < -0.39 is 32.5 Å². The molecule has 0 unspecified atom stereocenters. The van der Waals surface area contributed by atoms with Crippen LogP contribution < -0.4 is 0 Å². The van der Waals surface area contributed by atoms with Gasteiger partial charge in [-0.2, -0.15) is 0 Å². The molecule has 0 amide bonds. The standard InChI is InChI=1S/C40H77O8P/c1-3-5-7-9-11-13-15-17-19-20-21-23-25-27-29-31-33-35-40(42)48-38(37-47-49(43,44)45)36-46-39(41)34-32-30-28-26-24-22-18-16-14-12-10-8-6-4-2/h17,19,38H,3-16,18,20-37H2,1-2H3,(H2,43,44,45)/b19-17-/t38-/m1/s1. The number of phosphoric ester groups is 1. The van der Waals surface area contributed by atoms with Crippen LogP contribution in [0.25, 0.3) is 0 Å². The first-order valence-corrected chi connectivity index (χ1v) is 22.0. The van der Waals surface area contributed by atoms with Crippen LogP contribution in [0.2, 0.25) is 0 Å². The van der Waals surface area contributed by atoms with E-state index in [4.69, 9.17) is 19.3 Å². The lowest BCUT2D eigenvalue weighted by Gasteiger charge is -2.18. The van der Waals surface area contributed by atoms with Gasteiger partial charge in [-0.3, -0.25) is 14.1 Å². The van der Waals surface area contributed by atoms with E-state index in [0.717, 1.165) is 44.9 Å². The van der Waals surface area contributed by atoms with Crippen LogP contribution in [-0.4, -0.2) is 41.0 Å². The zero-order chi connectivity index (χ0) is 36.1. The van der Waals surface area contributed by atoms with Crippen LogP contribution in [0.4, 0.5) is 0 Å². The van der Waals surface area contributed by atoms with Gasteiger partial charge in [-0.1, -0.05) is 174 Å². The van der Waals surface area contributed by atoms with Crippen LogP contribution in [0.5, 0.6) is 0 Å². The molecule has 0 rings (SSSR count). The summed E-state index contributed by atoms with van der Waals surface area (Å²) in [5.41, 5.74) is 0. The Labute approximate surface area is 301 Å². The van der Waals surface area contributed by atoms with Crippen molar-refractivity contribution in [2.24, 2.45) is 0 Å². The summed E-state index contributed by atoms with van der Waals surface area (Å²) in [6, 6.07) is 0. The summed E-state index contributed by atoms with van der Waals surface area (Å²) in [7, 11) is -4.75. The van der Waals surface area contributed by atoms with Crippen LogP contribution >= 0.6 is 7.82 Å². The van der Waals surface area contributed by atoms with Crippen molar-refractivity contribution in [3.05, 3.63) is 12.2 Å². The van der Waals surface area contributed by atoms with Gasteiger partial charge in [0.1, 0.15) is 6.61 Å². The monoisotopic (exact) mass is 717 g/mol. The molecule has 0 fully saturated rings. The van der Waals surface area contributed by atoms with Crippen molar-refractivity contribution in [1.29, 1.82) is 0 Å². The molecule has 1 atom stereocenters. The van der Waals surface area contributed by atoms with Crippen molar-refractivity contribution in [2.45, 2.75) is 219 Å². The van der Waals surface area contributed by atoms with E-state index in [1.165, 1.54) is 135 Å². The van der Waals surface area contributed by atoms with Gasteiger partial charge in [-0.05, 0) is 38.5 Å². The molecule has 0 aromatic rings. The lowest BCUT2D eigenvalue weighted by molar-refractivity contribution is -0.161. The smallest absolute Gasteiger partial charge is 0.462 e. The molecule has 0 radical (unpaired) electrons.